The number of rotatable bonds is 13. The van der Waals surface area contributed by atoms with Crippen molar-refractivity contribution in [2.75, 3.05) is 13.2 Å². The fourth-order valence-corrected chi connectivity index (χ4v) is 4.65. The van der Waals surface area contributed by atoms with E-state index in [0.717, 1.165) is 11.1 Å². The van der Waals surface area contributed by atoms with Gasteiger partial charge in [0.15, 0.2) is 0 Å². The van der Waals surface area contributed by atoms with Crippen LogP contribution >= 0.6 is 0 Å². The zero-order valence-electron chi connectivity index (χ0n) is 22.3. The Morgan fingerprint density at radius 2 is 1.49 bits per heavy atom. The van der Waals surface area contributed by atoms with Crippen molar-refractivity contribution in [2.24, 2.45) is 16.6 Å². The maximum absolute atomic E-state index is 13.1. The highest BCUT2D eigenvalue weighted by molar-refractivity contribution is 7.89. The van der Waals surface area contributed by atoms with Crippen LogP contribution in [0.3, 0.4) is 0 Å². The number of oxime groups is 1. The van der Waals surface area contributed by atoms with Gasteiger partial charge in [0.2, 0.25) is 16.0 Å². The van der Waals surface area contributed by atoms with Gasteiger partial charge in [-0.2, -0.15) is 17.9 Å². The standard InChI is InChI=1S/C27H27F3N4O8S/c28-27(29,30)25(36)42-41-24(35)23(17-18-7-11-21(12-8-18)39-15-4-16-40-33-26(31)32)34-43(37,38)22-13-9-20(10-14-22)19-5-2-1-3-6-19/h1-3,5-14,23,34H,4,15-17H2,(H4,31,32,33)/t23-/m0/s1. The molecule has 0 heterocycles. The number of guanidine groups is 1. The van der Waals surface area contributed by atoms with Crippen LogP contribution in [0.25, 0.3) is 11.1 Å². The van der Waals surface area contributed by atoms with E-state index in [0.29, 0.717) is 17.7 Å². The van der Waals surface area contributed by atoms with Gasteiger partial charge in [-0.25, -0.2) is 27.8 Å². The number of ether oxygens (including phenoxy) is 1. The lowest BCUT2D eigenvalue weighted by molar-refractivity contribution is -0.286. The second kappa shape index (κ2) is 14.9. The summed E-state index contributed by atoms with van der Waals surface area (Å²) in [4.78, 5) is 35.9. The predicted molar refractivity (Wildman–Crippen MR) is 146 cm³/mol. The van der Waals surface area contributed by atoms with E-state index in [2.05, 4.69) is 19.7 Å². The minimum Gasteiger partial charge on any atom is -0.493 e. The molecule has 0 saturated carbocycles. The second-order valence-corrected chi connectivity index (χ2v) is 10.4. The maximum Gasteiger partial charge on any atom is 0.495 e. The van der Waals surface area contributed by atoms with Gasteiger partial charge in [0.25, 0.3) is 0 Å². The van der Waals surface area contributed by atoms with E-state index in [9.17, 15) is 31.2 Å². The molecular formula is C27H27F3N4O8S. The number of nitrogens with one attached hydrogen (secondary N) is 1. The second-order valence-electron chi connectivity index (χ2n) is 8.73. The first-order valence-corrected chi connectivity index (χ1v) is 13.9. The van der Waals surface area contributed by atoms with Gasteiger partial charge in [-0.1, -0.05) is 54.6 Å². The van der Waals surface area contributed by atoms with Crippen LogP contribution in [0.5, 0.6) is 5.75 Å². The Hall–Kier alpha value is -4.83. The molecule has 5 N–H and O–H groups in total. The molecule has 0 fully saturated rings. The number of halogens is 3. The van der Waals surface area contributed by atoms with Crippen molar-refractivity contribution in [3.63, 3.8) is 0 Å². The Labute approximate surface area is 244 Å². The van der Waals surface area contributed by atoms with Crippen LogP contribution in [0.15, 0.2) is 88.9 Å². The lowest BCUT2D eigenvalue weighted by Crippen LogP contribution is -2.44. The van der Waals surface area contributed by atoms with Crippen LogP contribution in [-0.4, -0.2) is 51.7 Å². The molecule has 0 radical (unpaired) electrons. The molecule has 0 bridgehead atoms. The number of hydrogen-bond donors (Lipinski definition) is 3. The lowest BCUT2D eigenvalue weighted by atomic mass is 10.1. The smallest absolute Gasteiger partial charge is 0.493 e. The van der Waals surface area contributed by atoms with Crippen molar-refractivity contribution in [1.82, 2.24) is 4.72 Å². The fourth-order valence-electron chi connectivity index (χ4n) is 3.46. The first kappa shape index (κ1) is 32.7. The number of carbonyl (C=O) groups is 2. The van der Waals surface area contributed by atoms with Crippen molar-refractivity contribution in [3.05, 3.63) is 84.4 Å². The summed E-state index contributed by atoms with van der Waals surface area (Å²) >= 11 is 0. The molecule has 0 unspecified atom stereocenters. The number of alkyl halides is 3. The topological polar surface area (TPSA) is 182 Å². The molecule has 0 spiro atoms. The molecule has 3 aromatic carbocycles. The normalized spacial score (nSPS) is 12.1. The average molecular weight is 625 g/mol. The molecule has 3 aromatic rings. The molecule has 43 heavy (non-hydrogen) atoms. The number of carbonyl (C=O) groups excluding carboxylic acids is 2. The van der Waals surface area contributed by atoms with Crippen molar-refractivity contribution in [1.29, 1.82) is 0 Å². The van der Waals surface area contributed by atoms with Gasteiger partial charge < -0.3 is 21.0 Å². The summed E-state index contributed by atoms with van der Waals surface area (Å²) in [5.41, 5.74) is 12.2. The van der Waals surface area contributed by atoms with E-state index >= 15 is 0 Å². The third-order valence-corrected chi connectivity index (χ3v) is 6.95. The summed E-state index contributed by atoms with van der Waals surface area (Å²) in [6.45, 7) is 0.426. The summed E-state index contributed by atoms with van der Waals surface area (Å²) in [6, 6.07) is 19.1. The molecule has 0 saturated heterocycles. The maximum atomic E-state index is 13.1. The SMILES string of the molecule is NC(N)=NOCCCOc1ccc(C[C@H](NS(=O)(=O)c2ccc(-c3ccccc3)cc2)C(=O)OOC(=O)C(F)(F)F)cc1. The summed E-state index contributed by atoms with van der Waals surface area (Å²) in [7, 11) is -4.40. The zero-order chi connectivity index (χ0) is 31.5. The quantitative estimate of drug-likeness (QED) is 0.0841. The predicted octanol–water partition coefficient (Wildman–Crippen LogP) is 2.78. The first-order valence-electron chi connectivity index (χ1n) is 12.4. The molecule has 0 aliphatic carbocycles. The Balaban J connectivity index is 1.71. The van der Waals surface area contributed by atoms with Crippen LogP contribution in [0.1, 0.15) is 12.0 Å². The summed E-state index contributed by atoms with van der Waals surface area (Å²) in [6.07, 6.45) is -5.38. The molecule has 3 rings (SSSR count). The van der Waals surface area contributed by atoms with Gasteiger partial charge in [0, 0.05) is 6.42 Å². The Kier molecular flexibility index (Phi) is 11.3. The highest BCUT2D eigenvalue weighted by Gasteiger charge is 2.43. The van der Waals surface area contributed by atoms with Gasteiger partial charge in [0.05, 0.1) is 11.5 Å². The van der Waals surface area contributed by atoms with Crippen LogP contribution in [0.4, 0.5) is 13.2 Å². The minimum absolute atomic E-state index is 0.188. The molecule has 230 valence electrons. The van der Waals surface area contributed by atoms with E-state index in [4.69, 9.17) is 21.0 Å². The van der Waals surface area contributed by atoms with Crippen LogP contribution in [0.2, 0.25) is 0 Å². The monoisotopic (exact) mass is 624 g/mol. The number of sulfonamides is 1. The molecule has 12 nitrogen and oxygen atoms in total. The van der Waals surface area contributed by atoms with E-state index in [-0.39, 0.29) is 30.5 Å². The van der Waals surface area contributed by atoms with E-state index in [1.54, 1.807) is 12.1 Å². The van der Waals surface area contributed by atoms with Gasteiger partial charge >= 0.3 is 18.1 Å². The minimum atomic E-state index is -5.44. The van der Waals surface area contributed by atoms with Crippen LogP contribution in [0, 0.1) is 0 Å². The number of benzene rings is 3. The third kappa shape index (κ3) is 10.5. The summed E-state index contributed by atoms with van der Waals surface area (Å²) < 4.78 is 71.4. The molecule has 1 atom stereocenters. The molecule has 0 amide bonds. The third-order valence-electron chi connectivity index (χ3n) is 5.47. The Bertz CT molecular complexity index is 1500. The summed E-state index contributed by atoms with van der Waals surface area (Å²) in [5.74, 6) is -4.17. The number of nitrogens with two attached hydrogens (primary N) is 2. The molecule has 0 aromatic heterocycles. The van der Waals surface area contributed by atoms with Crippen LogP contribution in [-0.2, 0) is 40.6 Å². The molecule has 16 heteroatoms. The van der Waals surface area contributed by atoms with Crippen molar-refractivity contribution < 1.29 is 50.5 Å². The lowest BCUT2D eigenvalue weighted by Gasteiger charge is -2.17. The number of hydrogen-bond acceptors (Lipinski definition) is 9. The van der Waals surface area contributed by atoms with Crippen LogP contribution < -0.4 is 20.9 Å². The average Bonchev–Trinajstić information content (AvgIpc) is 2.97. The highest BCUT2D eigenvalue weighted by atomic mass is 32.2. The fraction of sp³-hybridized carbons (Fsp3) is 0.222. The van der Waals surface area contributed by atoms with Gasteiger partial charge in [0.1, 0.15) is 18.4 Å². The molecular weight excluding hydrogens is 597 g/mol. The summed E-state index contributed by atoms with van der Waals surface area (Å²) in [5, 5.41) is 3.37. The number of nitrogens with zero attached hydrogens (tertiary/aromatic N) is 1. The molecule has 0 aliphatic rings. The van der Waals surface area contributed by atoms with Gasteiger partial charge in [-0.15, -0.1) is 0 Å². The van der Waals surface area contributed by atoms with E-state index in [1.165, 1.54) is 36.4 Å². The highest BCUT2D eigenvalue weighted by Crippen LogP contribution is 2.22. The zero-order valence-corrected chi connectivity index (χ0v) is 23.1. The Morgan fingerprint density at radius 3 is 2.09 bits per heavy atom. The van der Waals surface area contributed by atoms with E-state index in [1.807, 2.05) is 30.3 Å². The van der Waals surface area contributed by atoms with Crippen molar-refractivity contribution in [3.8, 4) is 16.9 Å². The van der Waals surface area contributed by atoms with Crippen molar-refractivity contribution >= 4 is 27.9 Å². The van der Waals surface area contributed by atoms with E-state index < -0.39 is 34.2 Å². The first-order chi connectivity index (χ1) is 20.3. The Morgan fingerprint density at radius 1 is 0.860 bits per heavy atom. The van der Waals surface area contributed by atoms with Gasteiger partial charge in [-0.05, 0) is 52.5 Å². The van der Waals surface area contributed by atoms with Crippen molar-refractivity contribution in [2.45, 2.75) is 30.0 Å². The molecule has 0 aliphatic heterocycles. The largest absolute Gasteiger partial charge is 0.495 e. The van der Waals surface area contributed by atoms with Gasteiger partial charge in [-0.3, -0.25) is 0 Å².